The van der Waals surface area contributed by atoms with Crippen LogP contribution in [0.3, 0.4) is 0 Å². The van der Waals surface area contributed by atoms with Gasteiger partial charge in [-0.25, -0.2) is 0 Å². The zero-order chi connectivity index (χ0) is 12.1. The highest BCUT2D eigenvalue weighted by atomic mass is 16.5. The van der Waals surface area contributed by atoms with Crippen LogP contribution in [0.5, 0.6) is 5.75 Å². The van der Waals surface area contributed by atoms with E-state index in [1.807, 2.05) is 13.0 Å². The molecule has 0 fully saturated rings. The summed E-state index contributed by atoms with van der Waals surface area (Å²) >= 11 is 0. The lowest BCUT2D eigenvalue weighted by molar-refractivity contribution is 0.402. The molecule has 4 N–H and O–H groups in total. The summed E-state index contributed by atoms with van der Waals surface area (Å²) in [6, 6.07) is 6.22. The van der Waals surface area contributed by atoms with Crippen molar-refractivity contribution in [2.24, 2.45) is 11.5 Å². The van der Waals surface area contributed by atoms with Crippen LogP contribution in [0.4, 0.5) is 0 Å². The van der Waals surface area contributed by atoms with Gasteiger partial charge in [-0.1, -0.05) is 19.1 Å². The molecule has 0 amide bonds. The van der Waals surface area contributed by atoms with Crippen LogP contribution in [-0.2, 0) is 6.42 Å². The fourth-order valence-electron chi connectivity index (χ4n) is 1.82. The number of rotatable bonds is 5. The van der Waals surface area contributed by atoms with Crippen LogP contribution in [-0.4, -0.2) is 13.2 Å². The normalized spacial score (nSPS) is 14.6. The van der Waals surface area contributed by atoms with Crippen molar-refractivity contribution in [3.8, 4) is 5.75 Å². The Morgan fingerprint density at radius 3 is 2.50 bits per heavy atom. The number of nitrogens with two attached hydrogens (primary N) is 2. The number of hydrogen-bond acceptors (Lipinski definition) is 3. The third-order valence-corrected chi connectivity index (χ3v) is 2.73. The van der Waals surface area contributed by atoms with Crippen LogP contribution in [0.25, 0.3) is 0 Å². The van der Waals surface area contributed by atoms with Crippen molar-refractivity contribution in [2.75, 3.05) is 7.11 Å². The molecule has 1 aromatic rings. The second-order valence-corrected chi connectivity index (χ2v) is 4.25. The van der Waals surface area contributed by atoms with Gasteiger partial charge in [-0.15, -0.1) is 0 Å². The lowest BCUT2D eigenvalue weighted by atomic mass is 9.97. The molecule has 3 nitrogen and oxygen atoms in total. The molecular formula is C13H22N2O. The highest BCUT2D eigenvalue weighted by molar-refractivity contribution is 5.39. The van der Waals surface area contributed by atoms with Gasteiger partial charge in [-0.2, -0.15) is 0 Å². The largest absolute Gasteiger partial charge is 0.496 e. The number of methoxy groups -OCH3 is 1. The Labute approximate surface area is 97.8 Å². The summed E-state index contributed by atoms with van der Waals surface area (Å²) in [5.41, 5.74) is 14.2. The van der Waals surface area contributed by atoms with E-state index in [2.05, 4.69) is 19.1 Å². The number of hydrogen-bond donors (Lipinski definition) is 2. The molecule has 0 aliphatic heterocycles. The zero-order valence-corrected chi connectivity index (χ0v) is 10.4. The average molecular weight is 222 g/mol. The minimum Gasteiger partial charge on any atom is -0.496 e. The summed E-state index contributed by atoms with van der Waals surface area (Å²) in [6.45, 7) is 4.10. The first kappa shape index (κ1) is 13.0. The molecule has 0 saturated heterocycles. The fourth-order valence-corrected chi connectivity index (χ4v) is 1.82. The monoisotopic (exact) mass is 222 g/mol. The van der Waals surface area contributed by atoms with Gasteiger partial charge in [0.2, 0.25) is 0 Å². The van der Waals surface area contributed by atoms with E-state index in [9.17, 15) is 0 Å². The van der Waals surface area contributed by atoms with Crippen LogP contribution < -0.4 is 16.2 Å². The lowest BCUT2D eigenvalue weighted by Crippen LogP contribution is -2.23. The smallest absolute Gasteiger partial charge is 0.123 e. The summed E-state index contributed by atoms with van der Waals surface area (Å²) in [4.78, 5) is 0. The molecule has 0 spiro atoms. The molecule has 0 heterocycles. The van der Waals surface area contributed by atoms with Crippen LogP contribution in [0.15, 0.2) is 18.2 Å². The van der Waals surface area contributed by atoms with Gasteiger partial charge in [0.15, 0.2) is 0 Å². The van der Waals surface area contributed by atoms with Crippen LogP contribution in [0.2, 0.25) is 0 Å². The van der Waals surface area contributed by atoms with Crippen LogP contribution in [0.1, 0.15) is 37.4 Å². The summed E-state index contributed by atoms with van der Waals surface area (Å²) < 4.78 is 5.33. The third kappa shape index (κ3) is 3.22. The summed E-state index contributed by atoms with van der Waals surface area (Å²) in [5.74, 6) is 0.852. The second kappa shape index (κ2) is 5.87. The molecule has 2 unspecified atom stereocenters. The van der Waals surface area contributed by atoms with E-state index in [1.54, 1.807) is 7.11 Å². The molecular weight excluding hydrogens is 200 g/mol. The Balaban J connectivity index is 2.98. The molecule has 1 rings (SSSR count). The van der Waals surface area contributed by atoms with Gasteiger partial charge in [-0.05, 0) is 31.4 Å². The summed E-state index contributed by atoms with van der Waals surface area (Å²) in [7, 11) is 1.67. The van der Waals surface area contributed by atoms with Crippen LogP contribution in [0, 0.1) is 0 Å². The van der Waals surface area contributed by atoms with Gasteiger partial charge >= 0.3 is 0 Å². The minimum absolute atomic E-state index is 0.0542. The predicted octanol–water partition coefficient (Wildman–Crippen LogP) is 1.99. The molecule has 90 valence electrons. The molecule has 1 aromatic carbocycles. The summed E-state index contributed by atoms with van der Waals surface area (Å²) in [5, 5.41) is 0. The van der Waals surface area contributed by atoms with E-state index >= 15 is 0 Å². The van der Waals surface area contributed by atoms with Crippen molar-refractivity contribution in [2.45, 2.75) is 38.8 Å². The molecule has 3 heteroatoms. The Bertz CT molecular complexity index is 337. The molecule has 0 saturated carbocycles. The molecule has 0 bridgehead atoms. The molecule has 2 atom stereocenters. The van der Waals surface area contributed by atoms with Gasteiger partial charge in [-0.3, -0.25) is 0 Å². The maximum Gasteiger partial charge on any atom is 0.123 e. The van der Waals surface area contributed by atoms with Gasteiger partial charge in [0.05, 0.1) is 7.11 Å². The highest BCUT2D eigenvalue weighted by Crippen LogP contribution is 2.27. The van der Waals surface area contributed by atoms with E-state index < -0.39 is 0 Å². The number of benzene rings is 1. The van der Waals surface area contributed by atoms with Crippen LogP contribution >= 0.6 is 0 Å². The quantitative estimate of drug-likeness (QED) is 0.801. The molecule has 0 aliphatic rings. The van der Waals surface area contributed by atoms with E-state index in [0.29, 0.717) is 0 Å². The van der Waals surface area contributed by atoms with Crippen molar-refractivity contribution in [1.29, 1.82) is 0 Å². The summed E-state index contributed by atoms with van der Waals surface area (Å²) in [6.07, 6.45) is 1.77. The van der Waals surface area contributed by atoms with Crippen molar-refractivity contribution in [1.82, 2.24) is 0 Å². The maximum absolute atomic E-state index is 6.14. The van der Waals surface area contributed by atoms with Gasteiger partial charge in [0.25, 0.3) is 0 Å². The van der Waals surface area contributed by atoms with Crippen molar-refractivity contribution in [3.63, 3.8) is 0 Å². The van der Waals surface area contributed by atoms with E-state index in [-0.39, 0.29) is 12.1 Å². The fraction of sp³-hybridized carbons (Fsp3) is 0.538. The maximum atomic E-state index is 6.14. The second-order valence-electron chi connectivity index (χ2n) is 4.25. The molecule has 16 heavy (non-hydrogen) atoms. The lowest BCUT2D eigenvalue weighted by Gasteiger charge is -2.18. The first-order valence-corrected chi connectivity index (χ1v) is 5.76. The number of aryl methyl sites for hydroxylation is 1. The minimum atomic E-state index is -0.0542. The molecule has 0 radical (unpaired) electrons. The first-order chi connectivity index (χ1) is 7.58. The SMILES string of the molecule is CCc1ccc(OC)c(C(N)CC(C)N)c1. The topological polar surface area (TPSA) is 61.3 Å². The van der Waals surface area contributed by atoms with Gasteiger partial charge in [0.1, 0.15) is 5.75 Å². The Hall–Kier alpha value is -1.06. The van der Waals surface area contributed by atoms with Crippen molar-refractivity contribution < 1.29 is 4.74 Å². The average Bonchev–Trinajstić information content (AvgIpc) is 2.27. The molecule has 0 aromatic heterocycles. The first-order valence-electron chi connectivity index (χ1n) is 5.76. The standard InChI is InChI=1S/C13H22N2O/c1-4-10-5-6-13(16-3)11(8-10)12(15)7-9(2)14/h5-6,8-9,12H,4,7,14-15H2,1-3H3. The third-order valence-electron chi connectivity index (χ3n) is 2.73. The van der Waals surface area contributed by atoms with Crippen molar-refractivity contribution in [3.05, 3.63) is 29.3 Å². The zero-order valence-electron chi connectivity index (χ0n) is 10.4. The Morgan fingerprint density at radius 1 is 1.31 bits per heavy atom. The van der Waals surface area contributed by atoms with Gasteiger partial charge in [0, 0.05) is 17.6 Å². The van der Waals surface area contributed by atoms with E-state index in [0.717, 1.165) is 24.2 Å². The molecule has 0 aliphatic carbocycles. The van der Waals surface area contributed by atoms with E-state index in [1.165, 1.54) is 5.56 Å². The number of ether oxygens (including phenoxy) is 1. The predicted molar refractivity (Wildman–Crippen MR) is 67.6 cm³/mol. The van der Waals surface area contributed by atoms with Gasteiger partial charge < -0.3 is 16.2 Å². The highest BCUT2D eigenvalue weighted by Gasteiger charge is 2.13. The van der Waals surface area contributed by atoms with E-state index in [4.69, 9.17) is 16.2 Å². The van der Waals surface area contributed by atoms with Crippen molar-refractivity contribution >= 4 is 0 Å². The Morgan fingerprint density at radius 2 is 2.00 bits per heavy atom. The Kier molecular flexibility index (Phi) is 4.77.